The highest BCUT2D eigenvalue weighted by Crippen LogP contribution is 2.23. The molecule has 0 aliphatic carbocycles. The van der Waals surface area contributed by atoms with Crippen LogP contribution in [0.2, 0.25) is 0 Å². The molecule has 0 fully saturated rings. The van der Waals surface area contributed by atoms with E-state index in [-0.39, 0.29) is 24.3 Å². The number of esters is 1. The number of hydrogen-bond donors (Lipinski definition) is 1. The van der Waals surface area contributed by atoms with E-state index >= 15 is 0 Å². The molecule has 6 nitrogen and oxygen atoms in total. The van der Waals surface area contributed by atoms with Gasteiger partial charge in [-0.15, -0.1) is 0 Å². The first kappa shape index (κ1) is 18.0. The number of thioether (sulfide) groups is 1. The third-order valence-corrected chi connectivity index (χ3v) is 4.43. The fourth-order valence-corrected chi connectivity index (χ4v) is 2.97. The molecule has 0 unspecified atom stereocenters. The van der Waals surface area contributed by atoms with Gasteiger partial charge in [0.1, 0.15) is 11.3 Å². The minimum atomic E-state index is -0.500. The molecule has 134 valence electrons. The monoisotopic (exact) mass is 370 g/mol. The van der Waals surface area contributed by atoms with E-state index in [1.807, 2.05) is 61.5 Å². The summed E-state index contributed by atoms with van der Waals surface area (Å²) in [5.74, 6) is -0.824. The third-order valence-electron chi connectivity index (χ3n) is 3.63. The first-order valence-electron chi connectivity index (χ1n) is 8.10. The number of aromatic nitrogens is 1. The molecule has 3 rings (SSSR count). The summed E-state index contributed by atoms with van der Waals surface area (Å²) in [6.07, 6.45) is 0. The van der Waals surface area contributed by atoms with Gasteiger partial charge in [-0.05, 0) is 24.6 Å². The average molecular weight is 370 g/mol. The summed E-state index contributed by atoms with van der Waals surface area (Å²) in [5, 5.41) is 3.18. The zero-order valence-electron chi connectivity index (χ0n) is 14.2. The second kappa shape index (κ2) is 8.53. The maximum absolute atomic E-state index is 11.9. The molecule has 0 aliphatic rings. The van der Waals surface area contributed by atoms with Crippen LogP contribution in [-0.4, -0.2) is 29.2 Å². The van der Waals surface area contributed by atoms with Crippen molar-refractivity contribution < 1.29 is 18.7 Å². The standard InChI is InChI=1S/C19H18N2O4S/c1-13(14-7-3-2-4-8-14)20-17(22)11-24-18(23)12-26-19-21-15-9-5-6-10-16(15)25-19/h2-10,13H,11-12H2,1H3,(H,20,22)/t13-/m0/s1. The minimum Gasteiger partial charge on any atom is -0.455 e. The molecule has 0 bridgehead atoms. The molecule has 0 saturated heterocycles. The van der Waals surface area contributed by atoms with Gasteiger partial charge in [0.05, 0.1) is 6.04 Å². The van der Waals surface area contributed by atoms with Gasteiger partial charge in [-0.3, -0.25) is 9.59 Å². The Labute approximate surface area is 154 Å². The minimum absolute atomic E-state index is 0.0222. The van der Waals surface area contributed by atoms with Gasteiger partial charge in [0.2, 0.25) is 0 Å². The van der Waals surface area contributed by atoms with Crippen LogP contribution in [-0.2, 0) is 14.3 Å². The Balaban J connectivity index is 1.41. The Morgan fingerprint density at radius 2 is 1.88 bits per heavy atom. The van der Waals surface area contributed by atoms with Crippen LogP contribution in [0.3, 0.4) is 0 Å². The summed E-state index contributed by atoms with van der Waals surface area (Å²) in [7, 11) is 0. The lowest BCUT2D eigenvalue weighted by molar-refractivity contribution is -0.146. The lowest BCUT2D eigenvalue weighted by Gasteiger charge is -2.14. The molecular formula is C19H18N2O4S. The number of fused-ring (bicyclic) bond motifs is 1. The Kier molecular flexibility index (Phi) is 5.91. The van der Waals surface area contributed by atoms with E-state index in [0.717, 1.165) is 22.8 Å². The van der Waals surface area contributed by atoms with Gasteiger partial charge in [-0.2, -0.15) is 0 Å². The van der Waals surface area contributed by atoms with E-state index in [2.05, 4.69) is 10.3 Å². The Morgan fingerprint density at radius 3 is 2.65 bits per heavy atom. The fourth-order valence-electron chi connectivity index (χ4n) is 2.33. The zero-order valence-corrected chi connectivity index (χ0v) is 15.0. The van der Waals surface area contributed by atoms with Crippen molar-refractivity contribution in [1.29, 1.82) is 0 Å². The van der Waals surface area contributed by atoms with Crippen LogP contribution >= 0.6 is 11.8 Å². The predicted molar refractivity (Wildman–Crippen MR) is 98.7 cm³/mol. The normalized spacial score (nSPS) is 11.9. The van der Waals surface area contributed by atoms with Crippen LogP contribution in [0.5, 0.6) is 0 Å². The second-order valence-electron chi connectivity index (χ2n) is 5.60. The van der Waals surface area contributed by atoms with Crippen molar-refractivity contribution in [3.63, 3.8) is 0 Å². The van der Waals surface area contributed by atoms with Crippen LogP contribution in [0.4, 0.5) is 0 Å². The number of hydrogen-bond acceptors (Lipinski definition) is 6. The van der Waals surface area contributed by atoms with Crippen LogP contribution in [0.25, 0.3) is 11.1 Å². The summed E-state index contributed by atoms with van der Waals surface area (Å²) in [6, 6.07) is 16.8. The number of carbonyl (C=O) groups is 2. The topological polar surface area (TPSA) is 81.4 Å². The fraction of sp³-hybridized carbons (Fsp3) is 0.211. The van der Waals surface area contributed by atoms with E-state index in [9.17, 15) is 9.59 Å². The maximum Gasteiger partial charge on any atom is 0.316 e. The van der Waals surface area contributed by atoms with Gasteiger partial charge in [-0.25, -0.2) is 4.98 Å². The van der Waals surface area contributed by atoms with E-state index in [4.69, 9.17) is 9.15 Å². The average Bonchev–Trinajstić information content (AvgIpc) is 3.08. The summed E-state index contributed by atoms with van der Waals surface area (Å²) < 4.78 is 10.5. The molecule has 0 radical (unpaired) electrons. The highest BCUT2D eigenvalue weighted by molar-refractivity contribution is 7.99. The summed E-state index contributed by atoms with van der Waals surface area (Å²) in [6.45, 7) is 1.56. The molecule has 1 N–H and O–H groups in total. The smallest absolute Gasteiger partial charge is 0.316 e. The van der Waals surface area contributed by atoms with E-state index in [0.29, 0.717) is 10.8 Å². The Hall–Kier alpha value is -2.80. The highest BCUT2D eigenvalue weighted by Gasteiger charge is 2.13. The first-order valence-corrected chi connectivity index (χ1v) is 9.08. The molecule has 7 heteroatoms. The summed E-state index contributed by atoms with van der Waals surface area (Å²) >= 11 is 1.13. The molecule has 1 atom stereocenters. The molecular weight excluding hydrogens is 352 g/mol. The summed E-state index contributed by atoms with van der Waals surface area (Å²) in [5.41, 5.74) is 2.38. The van der Waals surface area contributed by atoms with Crippen LogP contribution in [0, 0.1) is 0 Å². The van der Waals surface area contributed by atoms with Gasteiger partial charge >= 0.3 is 5.97 Å². The number of ether oxygens (including phenoxy) is 1. The number of oxazole rings is 1. The molecule has 0 saturated carbocycles. The van der Waals surface area contributed by atoms with Crippen LogP contribution in [0.1, 0.15) is 18.5 Å². The lowest BCUT2D eigenvalue weighted by Crippen LogP contribution is -2.31. The van der Waals surface area contributed by atoms with Crippen LogP contribution < -0.4 is 5.32 Å². The van der Waals surface area contributed by atoms with E-state index < -0.39 is 5.97 Å². The maximum atomic E-state index is 11.9. The van der Waals surface area contributed by atoms with Crippen molar-refractivity contribution in [2.24, 2.45) is 0 Å². The third kappa shape index (κ3) is 4.86. The molecule has 1 amide bonds. The molecule has 1 heterocycles. The number of rotatable bonds is 7. The molecule has 1 aromatic heterocycles. The molecule has 2 aromatic carbocycles. The number of carbonyl (C=O) groups excluding carboxylic acids is 2. The van der Waals surface area contributed by atoms with Crippen LogP contribution in [0.15, 0.2) is 64.2 Å². The molecule has 3 aromatic rings. The van der Waals surface area contributed by atoms with Crippen molar-refractivity contribution in [2.45, 2.75) is 18.2 Å². The SMILES string of the molecule is C[C@H](NC(=O)COC(=O)CSc1nc2ccccc2o1)c1ccccc1. The van der Waals surface area contributed by atoms with Crippen molar-refractivity contribution in [3.8, 4) is 0 Å². The molecule has 0 aliphatic heterocycles. The Bertz CT molecular complexity index is 862. The summed E-state index contributed by atoms with van der Waals surface area (Å²) in [4.78, 5) is 28.0. The van der Waals surface area contributed by atoms with Crippen molar-refractivity contribution >= 4 is 34.7 Å². The quantitative estimate of drug-likeness (QED) is 0.507. The van der Waals surface area contributed by atoms with E-state index in [1.165, 1.54) is 0 Å². The molecule has 0 spiro atoms. The van der Waals surface area contributed by atoms with E-state index in [1.54, 1.807) is 0 Å². The van der Waals surface area contributed by atoms with Crippen molar-refractivity contribution in [3.05, 3.63) is 60.2 Å². The number of amides is 1. The van der Waals surface area contributed by atoms with Crippen molar-refractivity contribution in [1.82, 2.24) is 10.3 Å². The molecule has 26 heavy (non-hydrogen) atoms. The number of nitrogens with one attached hydrogen (secondary N) is 1. The highest BCUT2D eigenvalue weighted by atomic mass is 32.2. The second-order valence-corrected chi connectivity index (χ2v) is 6.52. The Morgan fingerprint density at radius 1 is 1.15 bits per heavy atom. The lowest BCUT2D eigenvalue weighted by atomic mass is 10.1. The van der Waals surface area contributed by atoms with Gasteiger partial charge in [0.15, 0.2) is 12.2 Å². The zero-order chi connectivity index (χ0) is 18.4. The van der Waals surface area contributed by atoms with Gasteiger partial charge in [0, 0.05) is 0 Å². The number of benzene rings is 2. The number of para-hydroxylation sites is 2. The largest absolute Gasteiger partial charge is 0.455 e. The first-order chi connectivity index (χ1) is 12.6. The predicted octanol–water partition coefficient (Wildman–Crippen LogP) is 3.34. The van der Waals surface area contributed by atoms with Crippen molar-refractivity contribution in [2.75, 3.05) is 12.4 Å². The van der Waals surface area contributed by atoms with Gasteiger partial charge < -0.3 is 14.5 Å². The van der Waals surface area contributed by atoms with Gasteiger partial charge in [0.25, 0.3) is 11.1 Å². The number of nitrogens with zero attached hydrogens (tertiary/aromatic N) is 1. The van der Waals surface area contributed by atoms with Gasteiger partial charge in [-0.1, -0.05) is 54.2 Å².